The zero-order valence-electron chi connectivity index (χ0n) is 9.23. The summed E-state index contributed by atoms with van der Waals surface area (Å²) in [5.74, 6) is -1.69. The van der Waals surface area contributed by atoms with E-state index in [1.54, 1.807) is 0 Å². The molecule has 0 atom stereocenters. The maximum Gasteiger partial charge on any atom is 0.471 e. The molecule has 8 nitrogen and oxygen atoms in total. The molecule has 0 bridgehead atoms. The third-order valence-corrected chi connectivity index (χ3v) is 1.89. The summed E-state index contributed by atoms with van der Waals surface area (Å²) in [5.41, 5.74) is -0.412. The van der Waals surface area contributed by atoms with E-state index in [9.17, 15) is 20.0 Å². The summed E-state index contributed by atoms with van der Waals surface area (Å²) >= 11 is 0. The predicted molar refractivity (Wildman–Crippen MR) is 59.5 cm³/mol. The normalized spacial score (nSPS) is 11.1. The molecule has 1 N–H and O–H groups in total. The highest BCUT2D eigenvalue weighted by Gasteiger charge is 2.25. The van der Waals surface area contributed by atoms with Gasteiger partial charge in [0.2, 0.25) is 5.39 Å². The first-order valence-electron chi connectivity index (χ1n) is 4.67. The van der Waals surface area contributed by atoms with Crippen molar-refractivity contribution in [2.75, 3.05) is 0 Å². The van der Waals surface area contributed by atoms with Crippen LogP contribution < -0.4 is 0 Å². The minimum Gasteiger partial charge on any atom is -0.475 e. The predicted octanol–water partition coefficient (Wildman–Crippen LogP) is 2.20. The largest absolute Gasteiger partial charge is 0.475 e. The number of diazo groups is 1. The van der Waals surface area contributed by atoms with Gasteiger partial charge in [0.05, 0.1) is 10.5 Å². The van der Waals surface area contributed by atoms with Crippen LogP contribution in [0.4, 0.5) is 5.69 Å². The second-order valence-corrected chi connectivity index (χ2v) is 3.15. The summed E-state index contributed by atoms with van der Waals surface area (Å²) in [4.78, 5) is 23.2. The van der Waals surface area contributed by atoms with E-state index in [4.69, 9.17) is 5.39 Å². The van der Waals surface area contributed by atoms with Gasteiger partial charge < -0.3 is 9.84 Å². The number of rotatable bonds is 3. The number of non-ortho nitro benzene ring substituents is 1. The van der Waals surface area contributed by atoms with Gasteiger partial charge in [0.15, 0.2) is 4.98 Å². The molecule has 0 heterocycles. The fourth-order valence-electron chi connectivity index (χ4n) is 1.15. The van der Waals surface area contributed by atoms with Crippen LogP contribution in [-0.4, -0.2) is 16.0 Å². The molecule has 0 aliphatic heterocycles. The molecule has 1 rings (SSSR count). The number of benzene rings is 1. The smallest absolute Gasteiger partial charge is 0.471 e. The highest BCUT2D eigenvalue weighted by atomic mass is 16.6. The van der Waals surface area contributed by atoms with Crippen molar-refractivity contribution < 1.29 is 19.6 Å². The van der Waals surface area contributed by atoms with Crippen LogP contribution in [0.3, 0.4) is 0 Å². The summed E-state index contributed by atoms with van der Waals surface area (Å²) in [6, 6.07) is 4.79. The SMILES string of the molecule is CC(=O)O/C(O)=C(\[N+]#N)c1ccc([N+](=O)[O-])cc1. The van der Waals surface area contributed by atoms with E-state index in [1.807, 2.05) is 0 Å². The molecule has 0 saturated carbocycles. The first-order valence-corrected chi connectivity index (χ1v) is 4.67. The van der Waals surface area contributed by atoms with Crippen molar-refractivity contribution in [1.29, 1.82) is 5.39 Å². The zero-order chi connectivity index (χ0) is 13.7. The molecule has 1 aromatic rings. The second kappa shape index (κ2) is 5.40. The molecule has 0 saturated heterocycles. The van der Waals surface area contributed by atoms with Crippen molar-refractivity contribution in [2.24, 2.45) is 0 Å². The molecule has 0 amide bonds. The standard InChI is InChI=1S/C10H7N3O5/c1-6(14)18-10(15)9(12-11)7-2-4-8(5-3-7)13(16)17/h2-5H,1H3/p+1/b10-9-. The molecule has 0 radical (unpaired) electrons. The number of nitro benzene ring substituents is 1. The zero-order valence-corrected chi connectivity index (χ0v) is 9.23. The second-order valence-electron chi connectivity index (χ2n) is 3.15. The van der Waals surface area contributed by atoms with Crippen LogP contribution >= 0.6 is 0 Å². The number of aliphatic hydroxyl groups is 1. The fourth-order valence-corrected chi connectivity index (χ4v) is 1.15. The highest BCUT2D eigenvalue weighted by Crippen LogP contribution is 2.22. The van der Waals surface area contributed by atoms with E-state index in [-0.39, 0.29) is 11.3 Å². The highest BCUT2D eigenvalue weighted by molar-refractivity contribution is 5.75. The number of esters is 1. The molecule has 0 aliphatic rings. The lowest BCUT2D eigenvalue weighted by molar-refractivity contribution is -0.384. The van der Waals surface area contributed by atoms with Gasteiger partial charge in [0, 0.05) is 19.1 Å². The number of nitrogens with zero attached hydrogens (tertiary/aromatic N) is 3. The van der Waals surface area contributed by atoms with Crippen LogP contribution in [0, 0.1) is 15.5 Å². The summed E-state index contributed by atoms with van der Waals surface area (Å²) in [5, 5.41) is 28.5. The minimum atomic E-state index is -0.890. The Kier molecular flexibility index (Phi) is 3.93. The van der Waals surface area contributed by atoms with E-state index >= 15 is 0 Å². The van der Waals surface area contributed by atoms with Gasteiger partial charge in [-0.05, 0) is 12.1 Å². The average molecular weight is 250 g/mol. The first kappa shape index (κ1) is 13.1. The topological polar surface area (TPSA) is 118 Å². The van der Waals surface area contributed by atoms with Crippen LogP contribution in [0.5, 0.6) is 0 Å². The number of carbonyl (C=O) groups excluding carboxylic acids is 1. The lowest BCUT2D eigenvalue weighted by atomic mass is 10.1. The lowest BCUT2D eigenvalue weighted by Crippen LogP contribution is -2.00. The van der Waals surface area contributed by atoms with Crippen molar-refractivity contribution in [3.8, 4) is 0 Å². The average Bonchev–Trinajstić information content (AvgIpc) is 2.29. The molecular formula is C10H8N3O5+. The summed E-state index contributed by atoms with van der Waals surface area (Å²) in [6.07, 6.45) is 0. The molecule has 0 aliphatic carbocycles. The molecular weight excluding hydrogens is 242 g/mol. The van der Waals surface area contributed by atoms with Crippen LogP contribution in [0.2, 0.25) is 0 Å². The van der Waals surface area contributed by atoms with Crippen molar-refractivity contribution in [1.82, 2.24) is 0 Å². The molecule has 0 aromatic heterocycles. The van der Waals surface area contributed by atoms with Gasteiger partial charge in [-0.3, -0.25) is 14.9 Å². The Bertz CT molecular complexity index is 556. The molecule has 0 unspecified atom stereocenters. The fraction of sp³-hybridized carbons (Fsp3) is 0.100. The van der Waals surface area contributed by atoms with Gasteiger partial charge in [0.25, 0.3) is 5.69 Å². The van der Waals surface area contributed by atoms with E-state index in [2.05, 4.69) is 9.71 Å². The Morgan fingerprint density at radius 3 is 2.39 bits per heavy atom. The van der Waals surface area contributed by atoms with Crippen molar-refractivity contribution in [3.05, 3.63) is 50.9 Å². The minimum absolute atomic E-state index is 0.154. The Morgan fingerprint density at radius 1 is 1.44 bits per heavy atom. The summed E-state index contributed by atoms with van der Waals surface area (Å²) < 4.78 is 4.34. The lowest BCUT2D eigenvalue weighted by Gasteiger charge is -1.96. The van der Waals surface area contributed by atoms with Gasteiger partial charge in [0.1, 0.15) is 0 Å². The van der Waals surface area contributed by atoms with Crippen LogP contribution in [0.1, 0.15) is 12.5 Å². The Hall–Kier alpha value is -2.95. The summed E-state index contributed by atoms with van der Waals surface area (Å²) in [7, 11) is 0. The van der Waals surface area contributed by atoms with Gasteiger partial charge in [-0.2, -0.15) is 0 Å². The maximum absolute atomic E-state index is 10.6. The van der Waals surface area contributed by atoms with Gasteiger partial charge in [-0.25, -0.2) is 0 Å². The maximum atomic E-state index is 10.6. The van der Waals surface area contributed by atoms with Gasteiger partial charge in [-0.1, -0.05) is 0 Å². The molecule has 8 heteroatoms. The summed E-state index contributed by atoms with van der Waals surface area (Å²) in [6.45, 7) is 1.06. The molecule has 1 aromatic carbocycles. The van der Waals surface area contributed by atoms with Crippen LogP contribution in [0.15, 0.2) is 30.2 Å². The van der Waals surface area contributed by atoms with Crippen LogP contribution in [-0.2, 0) is 9.53 Å². The Labute approximate surface area is 101 Å². The quantitative estimate of drug-likeness (QED) is 0.289. The number of hydrogen-bond donors (Lipinski definition) is 1. The number of nitro groups is 1. The van der Waals surface area contributed by atoms with E-state index in [0.717, 1.165) is 19.1 Å². The van der Waals surface area contributed by atoms with Crippen LogP contribution in [0.25, 0.3) is 10.7 Å². The Morgan fingerprint density at radius 2 is 2.00 bits per heavy atom. The van der Waals surface area contributed by atoms with Crippen molar-refractivity contribution in [3.63, 3.8) is 0 Å². The molecule has 18 heavy (non-hydrogen) atoms. The van der Waals surface area contributed by atoms with E-state index in [0.29, 0.717) is 0 Å². The molecule has 0 spiro atoms. The third-order valence-electron chi connectivity index (χ3n) is 1.89. The molecule has 0 fully saturated rings. The molecule has 92 valence electrons. The first-order chi connectivity index (χ1) is 8.45. The van der Waals surface area contributed by atoms with E-state index < -0.39 is 22.5 Å². The monoisotopic (exact) mass is 250 g/mol. The van der Waals surface area contributed by atoms with Crippen molar-refractivity contribution >= 4 is 17.4 Å². The van der Waals surface area contributed by atoms with Crippen molar-refractivity contribution in [2.45, 2.75) is 6.92 Å². The number of hydrogen-bond acceptors (Lipinski definition) is 6. The van der Waals surface area contributed by atoms with Gasteiger partial charge >= 0.3 is 17.6 Å². The number of aliphatic hydroxyl groups excluding tert-OH is 1. The number of carbonyl (C=O) groups is 1. The Balaban J connectivity index is 3.14. The number of ether oxygens (including phenoxy) is 1. The van der Waals surface area contributed by atoms with Gasteiger partial charge in [-0.15, -0.1) is 0 Å². The van der Waals surface area contributed by atoms with E-state index in [1.165, 1.54) is 12.1 Å². The third kappa shape index (κ3) is 3.02.